The fourth-order valence-electron chi connectivity index (χ4n) is 4.98. The molecule has 0 atom stereocenters. The number of fused-ring (bicyclic) bond motifs is 1. The number of aromatic nitrogens is 3. The highest BCUT2D eigenvalue weighted by molar-refractivity contribution is 6.39. The highest BCUT2D eigenvalue weighted by Crippen LogP contribution is 2.38. The molecule has 2 heterocycles. The number of carbonyl (C=O) groups excluding carboxylic acids is 2. The van der Waals surface area contributed by atoms with Crippen LogP contribution in [0.25, 0.3) is 11.2 Å². The summed E-state index contributed by atoms with van der Waals surface area (Å²) in [6, 6.07) is 4.13. The number of imidazole rings is 1. The summed E-state index contributed by atoms with van der Waals surface area (Å²) in [5.41, 5.74) is 0.563. The summed E-state index contributed by atoms with van der Waals surface area (Å²) in [4.78, 5) is 38.5. The van der Waals surface area contributed by atoms with Gasteiger partial charge in [-0.15, -0.1) is 0 Å². The van der Waals surface area contributed by atoms with Crippen LogP contribution in [0.5, 0.6) is 0 Å². The fraction of sp³-hybridized carbons (Fsp3) is 0.517. The lowest BCUT2D eigenvalue weighted by Crippen LogP contribution is -2.40. The summed E-state index contributed by atoms with van der Waals surface area (Å²) in [5, 5.41) is 9.02. The van der Waals surface area contributed by atoms with E-state index < -0.39 is 42.4 Å². The largest absolute Gasteiger partial charge is 0.391 e. The summed E-state index contributed by atoms with van der Waals surface area (Å²) in [6.07, 6.45) is -7.00. The van der Waals surface area contributed by atoms with Gasteiger partial charge in [-0.3, -0.25) is 9.59 Å². The molecule has 0 saturated heterocycles. The van der Waals surface area contributed by atoms with E-state index in [-0.39, 0.29) is 82.4 Å². The molecule has 1 fully saturated rings. The van der Waals surface area contributed by atoms with Gasteiger partial charge in [0.2, 0.25) is 11.9 Å². The van der Waals surface area contributed by atoms with Crippen LogP contribution < -0.4 is 20.9 Å². The van der Waals surface area contributed by atoms with Crippen molar-refractivity contribution in [2.24, 2.45) is 11.3 Å². The van der Waals surface area contributed by atoms with Crippen molar-refractivity contribution in [1.82, 2.24) is 25.6 Å². The second-order valence-corrected chi connectivity index (χ2v) is 12.9. The van der Waals surface area contributed by atoms with Crippen molar-refractivity contribution in [3.63, 3.8) is 0 Å². The molecular weight excluding hydrogens is 644 g/mol. The average molecular weight is 679 g/mol. The molecule has 16 heteroatoms. The van der Waals surface area contributed by atoms with Gasteiger partial charge in [-0.1, -0.05) is 50.0 Å². The third-order valence-electron chi connectivity index (χ3n) is 7.53. The molecule has 4 rings (SSSR count). The quantitative estimate of drug-likeness (QED) is 0.178. The molecule has 1 aliphatic rings. The molecule has 0 bridgehead atoms. The Labute approximate surface area is 266 Å². The number of anilines is 3. The monoisotopic (exact) mass is 677 g/mol. The zero-order valence-corrected chi connectivity index (χ0v) is 26.5. The van der Waals surface area contributed by atoms with Crippen LogP contribution >= 0.6 is 23.2 Å². The van der Waals surface area contributed by atoms with E-state index in [1.165, 1.54) is 13.1 Å². The van der Waals surface area contributed by atoms with Crippen molar-refractivity contribution < 1.29 is 31.5 Å². The van der Waals surface area contributed by atoms with Crippen LogP contribution in [0.1, 0.15) is 62.4 Å². The normalized spacial score (nSPS) is 17.4. The number of rotatable bonds is 9. The number of halogens is 7. The van der Waals surface area contributed by atoms with Crippen LogP contribution in [0.4, 0.5) is 39.4 Å². The maximum atomic E-state index is 13.3. The Morgan fingerprint density at radius 2 is 1.76 bits per heavy atom. The van der Waals surface area contributed by atoms with E-state index in [0.717, 1.165) is 4.90 Å². The van der Waals surface area contributed by atoms with Gasteiger partial charge in [0.25, 0.3) is 12.3 Å². The Morgan fingerprint density at radius 1 is 1.09 bits per heavy atom. The molecular formula is C29H34Cl2F5N7O2. The van der Waals surface area contributed by atoms with Crippen molar-refractivity contribution in [2.45, 2.75) is 71.6 Å². The summed E-state index contributed by atoms with van der Waals surface area (Å²) >= 11 is 13.0. The molecule has 2 amide bonds. The first-order valence-corrected chi connectivity index (χ1v) is 15.0. The maximum Gasteiger partial charge on any atom is 0.391 e. The van der Waals surface area contributed by atoms with Gasteiger partial charge in [-0.25, -0.2) is 18.7 Å². The van der Waals surface area contributed by atoms with Crippen molar-refractivity contribution >= 4 is 63.6 Å². The van der Waals surface area contributed by atoms with Crippen molar-refractivity contribution in [3.05, 3.63) is 39.4 Å². The minimum absolute atomic E-state index is 0.0608. The van der Waals surface area contributed by atoms with E-state index in [1.807, 2.05) is 0 Å². The molecule has 0 spiro atoms. The molecule has 2 aromatic heterocycles. The number of pyridine rings is 1. The third-order valence-corrected chi connectivity index (χ3v) is 8.28. The third kappa shape index (κ3) is 8.46. The molecule has 4 N–H and O–H groups in total. The van der Waals surface area contributed by atoms with Crippen LogP contribution in [0.15, 0.2) is 18.2 Å². The number of H-pyrrole nitrogens is 1. The Bertz CT molecular complexity index is 1550. The number of alkyl halides is 5. The van der Waals surface area contributed by atoms with Crippen LogP contribution in [0, 0.1) is 11.3 Å². The van der Waals surface area contributed by atoms with Crippen LogP contribution in [0.3, 0.4) is 0 Å². The molecule has 45 heavy (non-hydrogen) atoms. The van der Waals surface area contributed by atoms with Gasteiger partial charge in [0.1, 0.15) is 11.3 Å². The van der Waals surface area contributed by atoms with Crippen molar-refractivity contribution in [1.29, 1.82) is 0 Å². The Hall–Kier alpha value is -3.39. The minimum atomic E-state index is -4.29. The predicted octanol–water partition coefficient (Wildman–Crippen LogP) is 7.22. The zero-order chi connectivity index (χ0) is 33.3. The highest BCUT2D eigenvalue weighted by atomic mass is 35.5. The molecule has 0 radical (unpaired) electrons. The Morgan fingerprint density at radius 3 is 2.36 bits per heavy atom. The van der Waals surface area contributed by atoms with Gasteiger partial charge in [0.05, 0.1) is 33.8 Å². The van der Waals surface area contributed by atoms with E-state index in [4.69, 9.17) is 23.2 Å². The molecule has 9 nitrogen and oxygen atoms in total. The number of hydrogen-bond acceptors (Lipinski definition) is 6. The number of aromatic amines is 1. The molecule has 0 aliphatic heterocycles. The molecule has 0 unspecified atom stereocenters. The minimum Gasteiger partial charge on any atom is -0.353 e. The number of nitrogens with zero attached hydrogens (tertiary/aromatic N) is 3. The lowest BCUT2D eigenvalue weighted by Gasteiger charge is -2.30. The lowest BCUT2D eigenvalue weighted by molar-refractivity contribution is -0.182. The second-order valence-electron chi connectivity index (χ2n) is 12.1. The SMILES string of the molecule is CN(CC(F)F)c1nc2[nH]c(Nc3c(Cl)ccc(CNC(=O)C(C)(C)C)c3Cl)nc2cc1C(=O)NC1CCC(C(F)(F)F)CC1. The van der Waals surface area contributed by atoms with E-state index in [1.54, 1.807) is 32.9 Å². The van der Waals surface area contributed by atoms with E-state index >= 15 is 0 Å². The van der Waals surface area contributed by atoms with Gasteiger partial charge in [0, 0.05) is 25.0 Å². The Balaban J connectivity index is 1.60. The molecule has 1 aromatic carbocycles. The summed E-state index contributed by atoms with van der Waals surface area (Å²) in [6.45, 7) is 4.76. The second kappa shape index (κ2) is 13.5. The van der Waals surface area contributed by atoms with Crippen molar-refractivity contribution in [2.75, 3.05) is 23.8 Å². The highest BCUT2D eigenvalue weighted by Gasteiger charge is 2.41. The van der Waals surface area contributed by atoms with Gasteiger partial charge < -0.3 is 25.8 Å². The number of carbonyl (C=O) groups is 2. The van der Waals surface area contributed by atoms with Crippen molar-refractivity contribution in [3.8, 4) is 0 Å². The topological polar surface area (TPSA) is 115 Å². The summed E-state index contributed by atoms with van der Waals surface area (Å²) in [5.74, 6) is -2.19. The van der Waals surface area contributed by atoms with Crippen LogP contribution in [0.2, 0.25) is 10.0 Å². The van der Waals surface area contributed by atoms with Gasteiger partial charge in [0.15, 0.2) is 5.65 Å². The van der Waals surface area contributed by atoms with Gasteiger partial charge >= 0.3 is 6.18 Å². The molecule has 246 valence electrons. The van der Waals surface area contributed by atoms with Crippen LogP contribution in [-0.2, 0) is 11.3 Å². The fourth-order valence-corrected chi connectivity index (χ4v) is 5.51. The number of hydrogen-bond donors (Lipinski definition) is 4. The molecule has 1 aliphatic carbocycles. The number of benzene rings is 1. The maximum absolute atomic E-state index is 13.3. The summed E-state index contributed by atoms with van der Waals surface area (Å²) < 4.78 is 65.9. The van der Waals surface area contributed by atoms with Gasteiger partial charge in [-0.2, -0.15) is 13.2 Å². The summed E-state index contributed by atoms with van der Waals surface area (Å²) in [7, 11) is 1.35. The first-order chi connectivity index (χ1) is 20.9. The Kier molecular flexibility index (Phi) is 10.4. The lowest BCUT2D eigenvalue weighted by atomic mass is 9.85. The van der Waals surface area contributed by atoms with E-state index in [2.05, 4.69) is 30.9 Å². The zero-order valence-electron chi connectivity index (χ0n) is 25.0. The predicted molar refractivity (Wildman–Crippen MR) is 163 cm³/mol. The average Bonchev–Trinajstić information content (AvgIpc) is 3.34. The molecule has 3 aromatic rings. The van der Waals surface area contributed by atoms with E-state index in [9.17, 15) is 31.5 Å². The van der Waals surface area contributed by atoms with Gasteiger partial charge in [-0.05, 0) is 43.4 Å². The molecule has 1 saturated carbocycles. The van der Waals surface area contributed by atoms with Crippen LogP contribution in [-0.4, -0.2) is 59.0 Å². The smallest absolute Gasteiger partial charge is 0.353 e. The number of nitrogens with one attached hydrogen (secondary N) is 4. The van der Waals surface area contributed by atoms with E-state index in [0.29, 0.717) is 5.56 Å². The number of amides is 2. The first kappa shape index (κ1) is 34.5. The standard InChI is InChI=1S/C29H34Cl2F5N7O2/c1-28(2,3)26(45)37-12-14-5-10-18(30)22(21(14)31)40-27-39-19-11-17(24(41-23(19)42-27)43(4)13-20(32)33)25(44)38-16-8-6-15(7-9-16)29(34,35)36/h5,10-11,15-16,20H,6-9,12-13H2,1-4H3,(H,37,45)(H,38,44)(H2,39,40,41,42). The first-order valence-electron chi connectivity index (χ1n) is 14.2.